The number of hydrogen-bond donors (Lipinski definition) is 2. The average Bonchev–Trinajstić information content (AvgIpc) is 2.71. The number of rotatable bonds is 8. The molecule has 5 nitrogen and oxygen atoms in total. The fourth-order valence-corrected chi connectivity index (χ4v) is 3.37. The Balaban J connectivity index is 2.41. The molecule has 1 amide bonds. The molecule has 0 heterocycles. The predicted molar refractivity (Wildman–Crippen MR) is 120 cm³/mol. The summed E-state index contributed by atoms with van der Waals surface area (Å²) in [5.74, 6) is -0.298. The Morgan fingerprint density at radius 2 is 1.93 bits per heavy atom. The number of nitrogens with zero attached hydrogens (tertiary/aromatic N) is 1. The highest BCUT2D eigenvalue weighted by Crippen LogP contribution is 2.27. The molecule has 2 aromatic carbocycles. The molecule has 0 aliphatic carbocycles. The van der Waals surface area contributed by atoms with Crippen molar-refractivity contribution in [2.75, 3.05) is 12.4 Å². The van der Waals surface area contributed by atoms with Crippen molar-refractivity contribution < 1.29 is 9.53 Å². The van der Waals surface area contributed by atoms with E-state index >= 15 is 0 Å². The van der Waals surface area contributed by atoms with E-state index in [2.05, 4.69) is 5.32 Å². The highest BCUT2D eigenvalue weighted by molar-refractivity contribution is 6.42. The van der Waals surface area contributed by atoms with Crippen LogP contribution in [-0.4, -0.2) is 24.1 Å². The zero-order chi connectivity index (χ0) is 21.6. The summed E-state index contributed by atoms with van der Waals surface area (Å²) < 4.78 is 5.16. The molecule has 0 spiro atoms. The molecule has 0 saturated heterocycles. The van der Waals surface area contributed by atoms with Gasteiger partial charge in [0.15, 0.2) is 5.76 Å². The minimum absolute atomic E-state index is 0.0492. The molecule has 0 saturated carbocycles. The van der Waals surface area contributed by atoms with Crippen LogP contribution in [0.5, 0.6) is 0 Å². The van der Waals surface area contributed by atoms with E-state index in [-0.39, 0.29) is 24.4 Å². The number of nitrogens with one attached hydrogen (secondary N) is 1. The van der Waals surface area contributed by atoms with Crippen LogP contribution in [-0.2, 0) is 16.1 Å². The summed E-state index contributed by atoms with van der Waals surface area (Å²) in [6.45, 7) is 4.18. The van der Waals surface area contributed by atoms with Crippen molar-refractivity contribution in [3.8, 4) is 0 Å². The predicted octanol–water partition coefficient (Wildman–Crippen LogP) is 5.58. The van der Waals surface area contributed by atoms with Gasteiger partial charge in [-0.3, -0.25) is 4.79 Å². The van der Waals surface area contributed by atoms with Crippen molar-refractivity contribution in [3.63, 3.8) is 0 Å². The molecule has 0 radical (unpaired) electrons. The maximum Gasteiger partial charge on any atom is 0.292 e. The molecule has 3 N–H and O–H groups in total. The summed E-state index contributed by atoms with van der Waals surface area (Å²) in [5.41, 5.74) is 8.15. The Hall–Kier alpha value is -2.08. The monoisotopic (exact) mass is 455 g/mol. The Kier molecular flexibility index (Phi) is 8.50. The van der Waals surface area contributed by atoms with E-state index in [0.29, 0.717) is 21.5 Å². The molecule has 0 aliphatic heterocycles. The van der Waals surface area contributed by atoms with Gasteiger partial charge in [0.25, 0.3) is 5.91 Å². The molecule has 2 aromatic rings. The Morgan fingerprint density at radius 1 is 1.21 bits per heavy atom. The Labute approximate surface area is 186 Å². The van der Waals surface area contributed by atoms with Gasteiger partial charge < -0.3 is 20.7 Å². The number of halogens is 3. The second-order valence-corrected chi connectivity index (χ2v) is 7.62. The highest BCUT2D eigenvalue weighted by Gasteiger charge is 2.27. The van der Waals surface area contributed by atoms with Crippen LogP contribution in [0.15, 0.2) is 48.4 Å². The second kappa shape index (κ2) is 10.6. The SMILES string of the molecule is CCC(Nc1cccc(Cl)c1C)N(Cc1ccc(Cl)c(Cl)c1)C(=O)/C(=C\N)OC. The minimum atomic E-state index is -0.348. The van der Waals surface area contributed by atoms with Gasteiger partial charge in [-0.05, 0) is 48.7 Å². The second-order valence-electron chi connectivity index (χ2n) is 6.40. The smallest absolute Gasteiger partial charge is 0.292 e. The standard InChI is InChI=1S/C21H24Cl3N3O2/c1-4-20(26-18-7-5-6-15(22)13(18)2)27(21(28)19(11-25)29-3)12-14-8-9-16(23)17(24)10-14/h5-11,20,26H,4,12,25H2,1-3H3/b19-11+. The van der Waals surface area contributed by atoms with E-state index in [1.165, 1.54) is 7.11 Å². The van der Waals surface area contributed by atoms with Crippen LogP contribution in [0, 0.1) is 6.92 Å². The van der Waals surface area contributed by atoms with Crippen LogP contribution in [0.2, 0.25) is 15.1 Å². The van der Waals surface area contributed by atoms with Crippen molar-refractivity contribution in [2.24, 2.45) is 5.73 Å². The quantitative estimate of drug-likeness (QED) is 0.309. The van der Waals surface area contributed by atoms with Gasteiger partial charge in [0.05, 0.1) is 17.2 Å². The molecular formula is C21H24Cl3N3O2. The molecular weight excluding hydrogens is 433 g/mol. The third kappa shape index (κ3) is 5.72. The summed E-state index contributed by atoms with van der Waals surface area (Å²) in [7, 11) is 1.41. The summed E-state index contributed by atoms with van der Waals surface area (Å²) in [5, 5.41) is 4.92. The third-order valence-electron chi connectivity index (χ3n) is 4.53. The van der Waals surface area contributed by atoms with E-state index in [1.807, 2.05) is 38.1 Å². The number of ether oxygens (including phenoxy) is 1. The maximum atomic E-state index is 13.1. The van der Waals surface area contributed by atoms with Gasteiger partial charge in [0, 0.05) is 23.5 Å². The zero-order valence-corrected chi connectivity index (χ0v) is 18.8. The Bertz CT molecular complexity index is 903. The van der Waals surface area contributed by atoms with Crippen LogP contribution >= 0.6 is 34.8 Å². The van der Waals surface area contributed by atoms with Crippen LogP contribution in [0.3, 0.4) is 0 Å². The zero-order valence-electron chi connectivity index (χ0n) is 16.5. The minimum Gasteiger partial charge on any atom is -0.490 e. The van der Waals surface area contributed by atoms with Crippen molar-refractivity contribution in [1.82, 2.24) is 4.90 Å². The lowest BCUT2D eigenvalue weighted by atomic mass is 10.1. The van der Waals surface area contributed by atoms with Gasteiger partial charge in [-0.1, -0.05) is 53.9 Å². The number of benzene rings is 2. The van der Waals surface area contributed by atoms with Gasteiger partial charge in [0.2, 0.25) is 0 Å². The number of methoxy groups -OCH3 is 1. The van der Waals surface area contributed by atoms with E-state index in [9.17, 15) is 4.79 Å². The molecule has 0 bridgehead atoms. The molecule has 0 fully saturated rings. The molecule has 0 aliphatic rings. The van der Waals surface area contributed by atoms with Crippen molar-refractivity contribution in [1.29, 1.82) is 0 Å². The van der Waals surface area contributed by atoms with Crippen LogP contribution in [0.25, 0.3) is 0 Å². The van der Waals surface area contributed by atoms with Crippen molar-refractivity contribution >= 4 is 46.4 Å². The molecule has 2 rings (SSSR count). The van der Waals surface area contributed by atoms with Crippen LogP contribution in [0.4, 0.5) is 5.69 Å². The summed E-state index contributed by atoms with van der Waals surface area (Å²) in [6.07, 6.45) is 1.43. The van der Waals surface area contributed by atoms with Gasteiger partial charge >= 0.3 is 0 Å². The lowest BCUT2D eigenvalue weighted by Gasteiger charge is -2.33. The molecule has 1 atom stereocenters. The molecule has 8 heteroatoms. The number of hydrogen-bond acceptors (Lipinski definition) is 4. The number of nitrogens with two attached hydrogens (primary N) is 1. The van der Waals surface area contributed by atoms with Gasteiger partial charge in [-0.2, -0.15) is 0 Å². The van der Waals surface area contributed by atoms with E-state index in [1.54, 1.807) is 17.0 Å². The maximum absolute atomic E-state index is 13.1. The number of carbonyl (C=O) groups is 1. The lowest BCUT2D eigenvalue weighted by Crippen LogP contribution is -2.45. The molecule has 0 aromatic heterocycles. The first kappa shape index (κ1) is 23.2. The summed E-state index contributed by atoms with van der Waals surface area (Å²) in [4.78, 5) is 14.8. The fourth-order valence-electron chi connectivity index (χ4n) is 2.87. The van der Waals surface area contributed by atoms with Gasteiger partial charge in [-0.15, -0.1) is 0 Å². The first-order chi connectivity index (χ1) is 13.8. The largest absolute Gasteiger partial charge is 0.490 e. The highest BCUT2D eigenvalue weighted by atomic mass is 35.5. The Morgan fingerprint density at radius 3 is 2.52 bits per heavy atom. The number of carbonyl (C=O) groups excluding carboxylic acids is 1. The number of amides is 1. The van der Waals surface area contributed by atoms with Gasteiger partial charge in [-0.25, -0.2) is 0 Å². The van der Waals surface area contributed by atoms with Crippen LogP contribution < -0.4 is 11.1 Å². The van der Waals surface area contributed by atoms with Crippen LogP contribution in [0.1, 0.15) is 24.5 Å². The van der Waals surface area contributed by atoms with E-state index < -0.39 is 0 Å². The fraction of sp³-hybridized carbons (Fsp3) is 0.286. The van der Waals surface area contributed by atoms with E-state index in [0.717, 1.165) is 23.0 Å². The summed E-state index contributed by atoms with van der Waals surface area (Å²) in [6, 6.07) is 10.9. The molecule has 1 unspecified atom stereocenters. The lowest BCUT2D eigenvalue weighted by molar-refractivity contribution is -0.133. The normalized spacial score (nSPS) is 12.4. The first-order valence-corrected chi connectivity index (χ1v) is 10.2. The topological polar surface area (TPSA) is 67.6 Å². The van der Waals surface area contributed by atoms with Gasteiger partial charge in [0.1, 0.15) is 6.17 Å². The van der Waals surface area contributed by atoms with Crippen molar-refractivity contribution in [3.05, 3.63) is 74.6 Å². The molecule has 29 heavy (non-hydrogen) atoms. The van der Waals surface area contributed by atoms with E-state index in [4.69, 9.17) is 45.3 Å². The van der Waals surface area contributed by atoms with Crippen molar-refractivity contribution in [2.45, 2.75) is 33.0 Å². The summed E-state index contributed by atoms with van der Waals surface area (Å²) >= 11 is 18.4. The molecule has 156 valence electrons. The third-order valence-corrected chi connectivity index (χ3v) is 5.68. The first-order valence-electron chi connectivity index (χ1n) is 9.04. The average molecular weight is 457 g/mol. The number of anilines is 1.